The molecule has 63 heavy (non-hydrogen) atoms. The minimum atomic E-state index is -1.83. The van der Waals surface area contributed by atoms with Crippen LogP contribution < -0.4 is 5.32 Å². The number of carbonyl (C=O) groups excluding carboxylic acids is 1. The molecule has 6 aliphatic heterocycles. The predicted molar refractivity (Wildman–Crippen MR) is 234 cm³/mol. The highest BCUT2D eigenvalue weighted by molar-refractivity contribution is 5.78. The SMILES string of the molecule is CC[C@H](C)[C@H]1O[C@]2(C=C[C@@H]1C)C[C@@H]1C[C@@H](C/C=C(\C)[C@@H](O[C@H]3C[C@H](OC)[C@@H](O[C@H]4C[C@H](OC)[C@H](NC)[C@H](C)O4)[C@H](C)O3)[C@@H](C)/C=C/C=C3\CO[C@@H]4[C@H](O)C(C)=C[C@@H](C(=O)O1)[C@]34O)O2. The van der Waals surface area contributed by atoms with Crippen molar-refractivity contribution < 1.29 is 62.4 Å². The van der Waals surface area contributed by atoms with E-state index in [-0.39, 0.29) is 67.0 Å². The molecule has 0 aromatic rings. The summed E-state index contributed by atoms with van der Waals surface area (Å²) in [6, 6.07) is 0.0442. The van der Waals surface area contributed by atoms with Gasteiger partial charge in [-0.2, -0.15) is 0 Å². The Morgan fingerprint density at radius 3 is 2.35 bits per heavy atom. The standard InChI is InChI=1S/C49H75NO13/c1-12-26(2)44-29(5)18-19-48(63-44)24-35-21-34(62-48)17-16-28(4)43(27(3)14-13-15-33-25-56-46-42(51)30(6)20-36(47(52)59-35)49(33,46)53)60-40-23-38(55-11)45(32(8)58-40)61-39-22-37(54-10)41(50-9)31(7)57-39/h13-16,18-20,26-27,29,31-32,34-46,50-51,53H,12,17,21-25H2,1-11H3/b14-13+,28-16+,33-15+/t26-,27-,29-,31-,32-,34+,35-,36-,37-,38-,39-,40-,41+,42+,43-,44+,45-,46+,48+,49+/m0/s1. The quantitative estimate of drug-likeness (QED) is 0.194. The van der Waals surface area contributed by atoms with Gasteiger partial charge in [0.25, 0.3) is 0 Å². The Hall–Kier alpha value is -2.31. The molecular formula is C49H75NO13. The first kappa shape index (κ1) is 48.6. The third-order valence-electron chi connectivity index (χ3n) is 14.9. The number of hydrogen-bond donors (Lipinski definition) is 3. The number of fused-ring (bicyclic) bond motifs is 2. The predicted octanol–water partition coefficient (Wildman–Crippen LogP) is 5.60. The lowest BCUT2D eigenvalue weighted by atomic mass is 9.71. The first-order valence-corrected chi connectivity index (χ1v) is 23.4. The van der Waals surface area contributed by atoms with Gasteiger partial charge in [0.05, 0.1) is 55.4 Å². The molecular weight excluding hydrogens is 811 g/mol. The molecule has 2 bridgehead atoms. The molecule has 0 unspecified atom stereocenters. The number of aliphatic hydroxyl groups is 2. The van der Waals surface area contributed by atoms with Crippen molar-refractivity contribution >= 4 is 5.97 Å². The van der Waals surface area contributed by atoms with Gasteiger partial charge in [-0.15, -0.1) is 0 Å². The smallest absolute Gasteiger partial charge is 0.316 e. The summed E-state index contributed by atoms with van der Waals surface area (Å²) in [5.74, 6) is -2.51. The van der Waals surface area contributed by atoms with Crippen LogP contribution in [0.3, 0.4) is 0 Å². The lowest BCUT2D eigenvalue weighted by Gasteiger charge is -2.48. The monoisotopic (exact) mass is 886 g/mol. The zero-order chi connectivity index (χ0) is 45.4. The molecule has 0 aromatic heterocycles. The molecule has 0 radical (unpaired) electrons. The first-order chi connectivity index (χ1) is 30.0. The highest BCUT2D eigenvalue weighted by atomic mass is 16.7. The van der Waals surface area contributed by atoms with Crippen LogP contribution in [0.1, 0.15) is 93.9 Å². The molecule has 6 heterocycles. The normalized spacial score (nSPS) is 48.6. The molecule has 4 fully saturated rings. The van der Waals surface area contributed by atoms with Gasteiger partial charge in [-0.3, -0.25) is 4.79 Å². The zero-order valence-electron chi connectivity index (χ0n) is 39.3. The van der Waals surface area contributed by atoms with E-state index >= 15 is 0 Å². The molecule has 4 saturated heterocycles. The third-order valence-corrected chi connectivity index (χ3v) is 14.9. The number of carbonyl (C=O) groups is 1. The molecule has 1 spiro atoms. The Morgan fingerprint density at radius 2 is 1.63 bits per heavy atom. The molecule has 7 aliphatic rings. The summed E-state index contributed by atoms with van der Waals surface area (Å²) in [5.41, 5.74) is 0.180. The van der Waals surface area contributed by atoms with Crippen LogP contribution in [0, 0.1) is 23.7 Å². The van der Waals surface area contributed by atoms with Gasteiger partial charge in [-0.25, -0.2) is 0 Å². The van der Waals surface area contributed by atoms with Crippen molar-refractivity contribution in [2.24, 2.45) is 23.7 Å². The maximum Gasteiger partial charge on any atom is 0.316 e. The summed E-state index contributed by atoms with van der Waals surface area (Å²) in [6.45, 7) is 16.4. The average Bonchev–Trinajstić information content (AvgIpc) is 3.60. The van der Waals surface area contributed by atoms with Crippen molar-refractivity contribution in [1.29, 1.82) is 0 Å². The van der Waals surface area contributed by atoms with E-state index < -0.39 is 66.4 Å². The molecule has 1 aliphatic carbocycles. The van der Waals surface area contributed by atoms with Crippen LogP contribution in [-0.2, 0) is 52.2 Å². The second kappa shape index (κ2) is 20.3. The number of rotatable bonds is 9. The van der Waals surface area contributed by atoms with Gasteiger partial charge in [0.1, 0.15) is 35.9 Å². The number of esters is 1. The fourth-order valence-electron chi connectivity index (χ4n) is 11.0. The fraction of sp³-hybridized carbons (Fsp3) is 0.776. The second-order valence-electron chi connectivity index (χ2n) is 19.3. The first-order valence-electron chi connectivity index (χ1n) is 23.4. The van der Waals surface area contributed by atoms with Crippen molar-refractivity contribution in [1.82, 2.24) is 5.32 Å². The average molecular weight is 886 g/mol. The van der Waals surface area contributed by atoms with Crippen LogP contribution in [0.25, 0.3) is 0 Å². The highest BCUT2D eigenvalue weighted by Crippen LogP contribution is 2.47. The summed E-state index contributed by atoms with van der Waals surface area (Å²) < 4.78 is 64.6. The lowest BCUT2D eigenvalue weighted by molar-refractivity contribution is -0.312. The maximum absolute atomic E-state index is 14.4. The Balaban J connectivity index is 1.18. The van der Waals surface area contributed by atoms with Crippen LogP contribution in [0.2, 0.25) is 0 Å². The Bertz CT molecular complexity index is 1750. The third kappa shape index (κ3) is 10.0. The largest absolute Gasteiger partial charge is 0.462 e. The minimum absolute atomic E-state index is 0.0411. The molecule has 14 nitrogen and oxygen atoms in total. The molecule has 0 amide bonds. The molecule has 0 saturated carbocycles. The zero-order valence-corrected chi connectivity index (χ0v) is 39.3. The van der Waals surface area contributed by atoms with Crippen molar-refractivity contribution in [3.8, 4) is 0 Å². The van der Waals surface area contributed by atoms with Gasteiger partial charge < -0.3 is 62.9 Å². The summed E-state index contributed by atoms with van der Waals surface area (Å²) >= 11 is 0. The van der Waals surface area contributed by atoms with Gasteiger partial charge in [0, 0.05) is 51.7 Å². The highest BCUT2D eigenvalue weighted by Gasteiger charge is 2.60. The van der Waals surface area contributed by atoms with E-state index in [1.54, 1.807) is 33.3 Å². The van der Waals surface area contributed by atoms with Crippen molar-refractivity contribution in [3.63, 3.8) is 0 Å². The van der Waals surface area contributed by atoms with Crippen LogP contribution >= 0.6 is 0 Å². The maximum atomic E-state index is 14.4. The van der Waals surface area contributed by atoms with Crippen LogP contribution in [0.5, 0.6) is 0 Å². The van der Waals surface area contributed by atoms with Gasteiger partial charge >= 0.3 is 5.97 Å². The number of allylic oxidation sites excluding steroid dienone is 2. The van der Waals surface area contributed by atoms with Crippen LogP contribution in [-0.4, -0.2) is 141 Å². The van der Waals surface area contributed by atoms with Gasteiger partial charge in [-0.1, -0.05) is 70.6 Å². The summed E-state index contributed by atoms with van der Waals surface area (Å²) in [7, 11) is 5.30. The number of likely N-dealkylation sites (N-methyl/N-ethyl adjacent to an activating group) is 1. The fourth-order valence-corrected chi connectivity index (χ4v) is 11.0. The molecule has 3 N–H and O–H groups in total. The summed E-state index contributed by atoms with van der Waals surface area (Å²) in [4.78, 5) is 14.4. The minimum Gasteiger partial charge on any atom is -0.462 e. The van der Waals surface area contributed by atoms with Gasteiger partial charge in [-0.05, 0) is 69.9 Å². The van der Waals surface area contributed by atoms with Crippen molar-refractivity contribution in [2.45, 2.75) is 191 Å². The van der Waals surface area contributed by atoms with E-state index in [9.17, 15) is 15.0 Å². The topological polar surface area (TPSA) is 162 Å². The lowest BCUT2D eigenvalue weighted by Crippen LogP contribution is -2.58. The number of ether oxygens (including phenoxy) is 10. The van der Waals surface area contributed by atoms with Gasteiger partial charge in [0.15, 0.2) is 18.4 Å². The Kier molecular flexibility index (Phi) is 15.7. The second-order valence-corrected chi connectivity index (χ2v) is 19.3. The number of nitrogens with one attached hydrogen (secondary N) is 1. The number of aliphatic hydroxyl groups excluding tert-OH is 1. The van der Waals surface area contributed by atoms with Crippen molar-refractivity contribution in [3.05, 3.63) is 59.3 Å². The molecule has 7 rings (SSSR count). The van der Waals surface area contributed by atoms with E-state index in [0.29, 0.717) is 43.3 Å². The summed E-state index contributed by atoms with van der Waals surface area (Å²) in [5, 5.41) is 27.1. The van der Waals surface area contributed by atoms with Crippen LogP contribution in [0.4, 0.5) is 0 Å². The van der Waals surface area contributed by atoms with E-state index in [0.717, 1.165) is 12.0 Å². The van der Waals surface area contributed by atoms with Crippen molar-refractivity contribution in [2.75, 3.05) is 27.9 Å². The number of hydrogen-bond acceptors (Lipinski definition) is 14. The van der Waals surface area contributed by atoms with E-state index in [1.165, 1.54) is 0 Å². The van der Waals surface area contributed by atoms with Crippen LogP contribution in [0.15, 0.2) is 59.3 Å². The summed E-state index contributed by atoms with van der Waals surface area (Å²) in [6.07, 6.45) is 10.7. The van der Waals surface area contributed by atoms with Gasteiger partial charge in [0.2, 0.25) is 0 Å². The molecule has 20 atom stereocenters. The molecule has 14 heteroatoms. The molecule has 0 aromatic carbocycles. The van der Waals surface area contributed by atoms with E-state index in [4.69, 9.17) is 47.4 Å². The number of methoxy groups -OCH3 is 2. The van der Waals surface area contributed by atoms with E-state index in [2.05, 4.69) is 52.1 Å². The van der Waals surface area contributed by atoms with E-state index in [1.807, 2.05) is 39.1 Å². The Morgan fingerprint density at radius 1 is 0.921 bits per heavy atom. The Labute approximate surface area is 374 Å². The molecule has 354 valence electrons.